The fraction of sp³-hybridized carbons (Fsp3) is 0.0952. The van der Waals surface area contributed by atoms with Crippen molar-refractivity contribution in [1.29, 1.82) is 5.26 Å². The average molecular weight is 403 g/mol. The van der Waals surface area contributed by atoms with Crippen LogP contribution in [0, 0.1) is 23.0 Å². The van der Waals surface area contributed by atoms with Gasteiger partial charge in [0.25, 0.3) is 0 Å². The fourth-order valence-electron chi connectivity index (χ4n) is 2.27. The minimum Gasteiger partial charge on any atom is -0.323 e. The number of hydrogen-bond donors (Lipinski definition) is 1. The lowest BCUT2D eigenvalue weighted by molar-refractivity contribution is 0.588. The number of nitrogens with zero attached hydrogens (tertiary/aromatic N) is 1. The van der Waals surface area contributed by atoms with Crippen molar-refractivity contribution in [1.82, 2.24) is 0 Å². The number of nitrogens with one attached hydrogen (secondary N) is 1. The summed E-state index contributed by atoms with van der Waals surface area (Å²) in [6.45, 7) is 4.00. The summed E-state index contributed by atoms with van der Waals surface area (Å²) in [5, 5.41) is 9.38. The van der Waals surface area contributed by atoms with Gasteiger partial charge in [-0.15, -0.1) is 0 Å². The van der Waals surface area contributed by atoms with Crippen LogP contribution in [0.1, 0.15) is 19.4 Å². The molecule has 138 valence electrons. The predicted octanol–water partition coefficient (Wildman–Crippen LogP) is 7.30. The third kappa shape index (κ3) is 5.46. The highest BCUT2D eigenvalue weighted by Gasteiger charge is 2.12. The first-order valence-corrected chi connectivity index (χ1v) is 9.44. The highest BCUT2D eigenvalue weighted by Crippen LogP contribution is 2.31. The van der Waals surface area contributed by atoms with E-state index in [9.17, 15) is 8.78 Å². The minimum atomic E-state index is -0.702. The van der Waals surface area contributed by atoms with Gasteiger partial charge in [0.05, 0.1) is 17.3 Å². The topological polar surface area (TPSA) is 35.8 Å². The first-order valence-electron chi connectivity index (χ1n) is 8.25. The van der Waals surface area contributed by atoms with Crippen molar-refractivity contribution >= 4 is 29.2 Å². The van der Waals surface area contributed by atoms with Crippen molar-refractivity contribution in [2.75, 3.05) is 4.72 Å². The molecule has 0 aromatic heterocycles. The van der Waals surface area contributed by atoms with Crippen LogP contribution in [0.2, 0.25) is 5.02 Å². The van der Waals surface area contributed by atoms with Gasteiger partial charge in [-0.3, -0.25) is 0 Å². The van der Waals surface area contributed by atoms with Gasteiger partial charge in [-0.05, 0) is 41.8 Å². The number of halogens is 3. The van der Waals surface area contributed by atoms with Crippen molar-refractivity contribution in [3.8, 4) is 17.2 Å². The van der Waals surface area contributed by atoms with Gasteiger partial charge in [0, 0.05) is 21.5 Å². The summed E-state index contributed by atoms with van der Waals surface area (Å²) >= 11 is 7.05. The fourth-order valence-corrected chi connectivity index (χ4v) is 3.32. The first-order chi connectivity index (χ1) is 13.1. The SMILES string of the molecule is CC.N#Cc1cc(Cl)cc(SNc2cc(-c3ccccc3)c(F)cc2F)c1. The summed E-state index contributed by atoms with van der Waals surface area (Å²) in [5.41, 5.74) is 1.50. The second kappa shape index (κ2) is 9.96. The van der Waals surface area contributed by atoms with Crippen LogP contribution in [-0.2, 0) is 0 Å². The molecule has 0 atom stereocenters. The molecule has 3 rings (SSSR count). The molecule has 0 fully saturated rings. The molecule has 0 saturated heterocycles. The van der Waals surface area contributed by atoms with Gasteiger partial charge >= 0.3 is 0 Å². The van der Waals surface area contributed by atoms with Crippen LogP contribution >= 0.6 is 23.5 Å². The summed E-state index contributed by atoms with van der Waals surface area (Å²) in [4.78, 5) is 0.647. The Morgan fingerprint density at radius 1 is 0.963 bits per heavy atom. The number of anilines is 1. The predicted molar refractivity (Wildman–Crippen MR) is 109 cm³/mol. The van der Waals surface area contributed by atoms with E-state index in [4.69, 9.17) is 16.9 Å². The lowest BCUT2D eigenvalue weighted by Gasteiger charge is -2.11. The molecule has 2 nitrogen and oxygen atoms in total. The van der Waals surface area contributed by atoms with E-state index in [1.54, 1.807) is 36.4 Å². The third-order valence-electron chi connectivity index (χ3n) is 3.42. The van der Waals surface area contributed by atoms with Gasteiger partial charge in [-0.25, -0.2) is 8.78 Å². The summed E-state index contributed by atoms with van der Waals surface area (Å²) in [7, 11) is 0. The maximum atomic E-state index is 14.1. The number of benzene rings is 3. The van der Waals surface area contributed by atoms with Crippen LogP contribution in [0.5, 0.6) is 0 Å². The quantitative estimate of drug-likeness (QED) is 0.465. The standard InChI is InChI=1S/C19H11ClF2N2S.C2H6/c20-14-6-12(11-23)7-15(8-14)25-24-19-9-16(17(21)10-18(19)22)13-4-2-1-3-5-13;1-2/h1-10,24H;1-2H3. The molecule has 0 unspecified atom stereocenters. The van der Waals surface area contributed by atoms with Crippen LogP contribution in [-0.4, -0.2) is 0 Å². The smallest absolute Gasteiger partial charge is 0.150 e. The molecule has 6 heteroatoms. The molecule has 0 bridgehead atoms. The van der Waals surface area contributed by atoms with Gasteiger partial charge in [0.1, 0.15) is 11.6 Å². The van der Waals surface area contributed by atoms with E-state index >= 15 is 0 Å². The molecule has 27 heavy (non-hydrogen) atoms. The van der Waals surface area contributed by atoms with Gasteiger partial charge in [-0.1, -0.05) is 55.8 Å². The molecule has 0 saturated carbocycles. The number of rotatable bonds is 4. The highest BCUT2D eigenvalue weighted by atomic mass is 35.5. The van der Waals surface area contributed by atoms with E-state index in [2.05, 4.69) is 4.72 Å². The van der Waals surface area contributed by atoms with Crippen molar-refractivity contribution in [2.45, 2.75) is 18.7 Å². The summed E-state index contributed by atoms with van der Waals surface area (Å²) < 4.78 is 31.0. The van der Waals surface area contributed by atoms with Gasteiger partial charge < -0.3 is 4.72 Å². The lowest BCUT2D eigenvalue weighted by Crippen LogP contribution is -1.95. The van der Waals surface area contributed by atoms with Crippen molar-refractivity contribution in [2.24, 2.45) is 0 Å². The van der Waals surface area contributed by atoms with Crippen LogP contribution in [0.4, 0.5) is 14.5 Å². The Hall–Kier alpha value is -2.55. The Bertz CT molecular complexity index is 956. The number of hydrogen-bond acceptors (Lipinski definition) is 3. The molecule has 1 N–H and O–H groups in total. The Morgan fingerprint density at radius 2 is 1.67 bits per heavy atom. The molecular formula is C21H17ClF2N2S. The summed E-state index contributed by atoms with van der Waals surface area (Å²) in [6.07, 6.45) is 0. The molecule has 0 aliphatic heterocycles. The second-order valence-corrected chi connectivity index (χ2v) is 6.49. The summed E-state index contributed by atoms with van der Waals surface area (Å²) in [5.74, 6) is -1.33. The average Bonchev–Trinajstić information content (AvgIpc) is 2.69. The molecule has 0 radical (unpaired) electrons. The van der Waals surface area contributed by atoms with Gasteiger partial charge in [0.15, 0.2) is 0 Å². The largest absolute Gasteiger partial charge is 0.323 e. The lowest BCUT2D eigenvalue weighted by atomic mass is 10.0. The zero-order chi connectivity index (χ0) is 19.8. The zero-order valence-corrected chi connectivity index (χ0v) is 16.3. The highest BCUT2D eigenvalue weighted by molar-refractivity contribution is 8.00. The Labute approximate surface area is 166 Å². The molecule has 3 aromatic carbocycles. The molecule has 0 amide bonds. The Balaban J connectivity index is 0.00000126. The van der Waals surface area contributed by atoms with Gasteiger partial charge in [-0.2, -0.15) is 5.26 Å². The monoisotopic (exact) mass is 402 g/mol. The molecule has 0 aliphatic rings. The van der Waals surface area contributed by atoms with Crippen LogP contribution in [0.25, 0.3) is 11.1 Å². The molecular weight excluding hydrogens is 386 g/mol. The first kappa shape index (κ1) is 20.8. The Morgan fingerprint density at radius 3 is 2.33 bits per heavy atom. The van der Waals surface area contributed by atoms with E-state index in [1.807, 2.05) is 26.0 Å². The molecule has 0 aliphatic carbocycles. The van der Waals surface area contributed by atoms with E-state index in [-0.39, 0.29) is 5.69 Å². The van der Waals surface area contributed by atoms with Crippen LogP contribution in [0.15, 0.2) is 65.6 Å². The maximum absolute atomic E-state index is 14.1. The van der Waals surface area contributed by atoms with E-state index < -0.39 is 11.6 Å². The van der Waals surface area contributed by atoms with E-state index in [0.29, 0.717) is 26.6 Å². The van der Waals surface area contributed by atoms with Crippen LogP contribution in [0.3, 0.4) is 0 Å². The number of nitriles is 1. The van der Waals surface area contributed by atoms with Gasteiger partial charge in [0.2, 0.25) is 0 Å². The molecule has 0 heterocycles. The normalized spacial score (nSPS) is 9.78. The van der Waals surface area contributed by atoms with E-state index in [1.165, 1.54) is 12.1 Å². The molecule has 3 aromatic rings. The van der Waals surface area contributed by atoms with Crippen LogP contribution < -0.4 is 4.72 Å². The second-order valence-electron chi connectivity index (χ2n) is 5.17. The Kier molecular flexibility index (Phi) is 7.66. The summed E-state index contributed by atoms with van der Waals surface area (Å²) in [6, 6.07) is 18.0. The van der Waals surface area contributed by atoms with Crippen molar-refractivity contribution < 1.29 is 8.78 Å². The van der Waals surface area contributed by atoms with Crippen molar-refractivity contribution in [3.63, 3.8) is 0 Å². The third-order valence-corrected chi connectivity index (χ3v) is 4.43. The molecule has 0 spiro atoms. The van der Waals surface area contributed by atoms with Crippen molar-refractivity contribution in [3.05, 3.63) is 82.9 Å². The maximum Gasteiger partial charge on any atom is 0.150 e. The van der Waals surface area contributed by atoms with E-state index in [0.717, 1.165) is 18.0 Å². The minimum absolute atomic E-state index is 0.142. The zero-order valence-electron chi connectivity index (χ0n) is 14.8.